The molecule has 2 fully saturated rings. The van der Waals surface area contributed by atoms with E-state index in [9.17, 15) is 14.4 Å². The summed E-state index contributed by atoms with van der Waals surface area (Å²) in [6, 6.07) is -0.0273. The number of carbonyl (C=O) groups is 3. The van der Waals surface area contributed by atoms with Crippen LogP contribution in [0.2, 0.25) is 0 Å². The van der Waals surface area contributed by atoms with Crippen molar-refractivity contribution >= 4 is 17.8 Å². The highest BCUT2D eigenvalue weighted by Crippen LogP contribution is 2.32. The Hall–Kier alpha value is -1.79. The summed E-state index contributed by atoms with van der Waals surface area (Å²) in [6.07, 6.45) is 2.12. The number of hydrogen-bond donors (Lipinski definition) is 2. The Morgan fingerprint density at radius 2 is 2.00 bits per heavy atom. The van der Waals surface area contributed by atoms with Crippen molar-refractivity contribution in [2.24, 2.45) is 17.6 Å². The highest BCUT2D eigenvalue weighted by atomic mass is 16.2. The van der Waals surface area contributed by atoms with Gasteiger partial charge in [0.25, 0.3) is 0 Å². The molecule has 2 heterocycles. The van der Waals surface area contributed by atoms with Crippen LogP contribution in [0, 0.1) is 11.8 Å². The fourth-order valence-corrected chi connectivity index (χ4v) is 3.28. The molecule has 0 spiro atoms. The summed E-state index contributed by atoms with van der Waals surface area (Å²) in [7, 11) is 0. The molecule has 2 aliphatic rings. The maximum Gasteiger partial charge on any atom is 0.317 e. The number of piperidine rings is 1. The zero-order chi connectivity index (χ0) is 15.4. The molecule has 2 atom stereocenters. The summed E-state index contributed by atoms with van der Waals surface area (Å²) in [6.45, 7) is 4.44. The second-order valence-electron chi connectivity index (χ2n) is 5.86. The molecule has 4 amide bonds. The van der Waals surface area contributed by atoms with Gasteiger partial charge in [-0.05, 0) is 31.6 Å². The number of urea groups is 1. The highest BCUT2D eigenvalue weighted by Gasteiger charge is 2.36. The van der Waals surface area contributed by atoms with Gasteiger partial charge in [0, 0.05) is 32.6 Å². The Morgan fingerprint density at radius 1 is 1.29 bits per heavy atom. The van der Waals surface area contributed by atoms with Crippen LogP contribution in [0.25, 0.3) is 0 Å². The van der Waals surface area contributed by atoms with Crippen LogP contribution in [0.5, 0.6) is 0 Å². The van der Waals surface area contributed by atoms with Crippen molar-refractivity contribution in [2.45, 2.75) is 26.2 Å². The van der Waals surface area contributed by atoms with Gasteiger partial charge in [0.2, 0.25) is 11.8 Å². The maximum atomic E-state index is 12.1. The summed E-state index contributed by atoms with van der Waals surface area (Å²) >= 11 is 0. The van der Waals surface area contributed by atoms with Gasteiger partial charge in [-0.25, -0.2) is 4.79 Å². The first-order valence-electron chi connectivity index (χ1n) is 7.60. The number of nitrogens with two attached hydrogens (primary N) is 1. The highest BCUT2D eigenvalue weighted by molar-refractivity contribution is 5.84. The average molecular weight is 296 g/mol. The van der Waals surface area contributed by atoms with E-state index in [1.807, 2.05) is 11.8 Å². The number of likely N-dealkylation sites (tertiary alicyclic amines) is 2. The second kappa shape index (κ2) is 6.78. The first-order chi connectivity index (χ1) is 10.0. The number of fused-ring (bicyclic) bond motifs is 1. The number of amides is 4. The second-order valence-corrected chi connectivity index (χ2v) is 5.86. The van der Waals surface area contributed by atoms with Gasteiger partial charge in [-0.3, -0.25) is 9.59 Å². The minimum atomic E-state index is -0.475. The lowest BCUT2D eigenvalue weighted by Gasteiger charge is -2.37. The van der Waals surface area contributed by atoms with Crippen molar-refractivity contribution in [2.75, 3.05) is 32.7 Å². The molecule has 2 rings (SSSR count). The molecule has 21 heavy (non-hydrogen) atoms. The maximum absolute atomic E-state index is 12.1. The fourth-order valence-electron chi connectivity index (χ4n) is 3.28. The summed E-state index contributed by atoms with van der Waals surface area (Å²) in [5.74, 6) is 0.161. The van der Waals surface area contributed by atoms with Crippen LogP contribution in [0.4, 0.5) is 4.79 Å². The minimum Gasteiger partial charge on any atom is -0.368 e. The molecule has 0 unspecified atom stereocenters. The van der Waals surface area contributed by atoms with E-state index < -0.39 is 5.91 Å². The van der Waals surface area contributed by atoms with Crippen LogP contribution in [0.3, 0.4) is 0 Å². The largest absolute Gasteiger partial charge is 0.368 e. The topological polar surface area (TPSA) is 95.7 Å². The van der Waals surface area contributed by atoms with E-state index in [1.54, 1.807) is 4.90 Å². The number of carbonyl (C=O) groups excluding carboxylic acids is 3. The quantitative estimate of drug-likeness (QED) is 0.752. The van der Waals surface area contributed by atoms with Crippen molar-refractivity contribution in [3.8, 4) is 0 Å². The number of nitrogens with one attached hydrogen (secondary N) is 1. The van der Waals surface area contributed by atoms with Crippen LogP contribution < -0.4 is 11.1 Å². The third-order valence-corrected chi connectivity index (χ3v) is 4.41. The van der Waals surface area contributed by atoms with E-state index in [2.05, 4.69) is 5.32 Å². The van der Waals surface area contributed by atoms with Gasteiger partial charge in [-0.2, -0.15) is 0 Å². The minimum absolute atomic E-state index is 0.00168. The molecular weight excluding hydrogens is 272 g/mol. The summed E-state index contributed by atoms with van der Waals surface area (Å²) in [4.78, 5) is 38.5. The van der Waals surface area contributed by atoms with E-state index >= 15 is 0 Å². The third-order valence-electron chi connectivity index (χ3n) is 4.41. The molecule has 7 nitrogen and oxygen atoms in total. The number of rotatable bonds is 3. The van der Waals surface area contributed by atoms with Crippen LogP contribution in [-0.2, 0) is 9.59 Å². The van der Waals surface area contributed by atoms with Crippen molar-refractivity contribution in [1.82, 2.24) is 15.1 Å². The predicted molar refractivity (Wildman–Crippen MR) is 77.3 cm³/mol. The van der Waals surface area contributed by atoms with Crippen LogP contribution in [0.1, 0.15) is 26.2 Å². The summed E-state index contributed by atoms with van der Waals surface area (Å²) < 4.78 is 0. The molecule has 0 bridgehead atoms. The molecule has 118 valence electrons. The van der Waals surface area contributed by atoms with Crippen LogP contribution in [-0.4, -0.2) is 60.4 Å². The Kier molecular flexibility index (Phi) is 5.03. The predicted octanol–water partition coefficient (Wildman–Crippen LogP) is -0.238. The van der Waals surface area contributed by atoms with Gasteiger partial charge in [-0.1, -0.05) is 0 Å². The number of hydrogen-bond acceptors (Lipinski definition) is 3. The fraction of sp³-hybridized carbons (Fsp3) is 0.786. The zero-order valence-corrected chi connectivity index (χ0v) is 12.5. The first-order valence-corrected chi connectivity index (χ1v) is 7.60. The molecule has 0 radical (unpaired) electrons. The molecule has 0 saturated carbocycles. The van der Waals surface area contributed by atoms with Gasteiger partial charge < -0.3 is 20.9 Å². The molecule has 2 aliphatic heterocycles. The summed E-state index contributed by atoms with van der Waals surface area (Å²) in [5, 5.41) is 2.82. The third kappa shape index (κ3) is 3.86. The lowest BCUT2D eigenvalue weighted by atomic mass is 9.82. The van der Waals surface area contributed by atoms with E-state index in [0.717, 1.165) is 12.8 Å². The van der Waals surface area contributed by atoms with Gasteiger partial charge in [0.05, 0.1) is 6.54 Å². The van der Waals surface area contributed by atoms with E-state index in [4.69, 9.17) is 5.73 Å². The smallest absolute Gasteiger partial charge is 0.317 e. The lowest BCUT2D eigenvalue weighted by Crippen LogP contribution is -2.48. The Bertz CT molecular complexity index is 426. The molecular formula is C14H24N4O3. The van der Waals surface area contributed by atoms with Crippen molar-refractivity contribution in [3.05, 3.63) is 0 Å². The van der Waals surface area contributed by atoms with E-state index in [0.29, 0.717) is 44.4 Å². The molecule has 3 N–H and O–H groups in total. The van der Waals surface area contributed by atoms with Gasteiger partial charge in [0.15, 0.2) is 0 Å². The Balaban J connectivity index is 1.97. The van der Waals surface area contributed by atoms with Crippen LogP contribution >= 0.6 is 0 Å². The Labute approximate surface area is 124 Å². The van der Waals surface area contributed by atoms with Crippen LogP contribution in [0.15, 0.2) is 0 Å². The summed E-state index contributed by atoms with van der Waals surface area (Å²) in [5.41, 5.74) is 5.18. The van der Waals surface area contributed by atoms with Gasteiger partial charge in [0.1, 0.15) is 0 Å². The normalized spacial score (nSPS) is 26.0. The standard InChI is InChI=1S/C14H24N4O3/c1-2-16-14(21)18-6-3-10-7-13(20)17(9-12(15)19)5-4-11(10)8-18/h10-11H,2-9H2,1H3,(H2,15,19)(H,16,21)/t10-,11-/m0/s1. The molecule has 7 heteroatoms. The van der Waals surface area contributed by atoms with Crippen molar-refractivity contribution < 1.29 is 14.4 Å². The number of primary amides is 1. The molecule has 0 aromatic carbocycles. The molecule has 0 aliphatic carbocycles. The zero-order valence-electron chi connectivity index (χ0n) is 12.5. The van der Waals surface area contributed by atoms with E-state index in [1.165, 1.54) is 0 Å². The molecule has 0 aromatic heterocycles. The van der Waals surface area contributed by atoms with Crippen molar-refractivity contribution in [1.29, 1.82) is 0 Å². The molecule has 0 aromatic rings. The average Bonchev–Trinajstić information content (AvgIpc) is 2.58. The lowest BCUT2D eigenvalue weighted by molar-refractivity contribution is -0.135. The molecule has 2 saturated heterocycles. The monoisotopic (exact) mass is 296 g/mol. The van der Waals surface area contributed by atoms with E-state index in [-0.39, 0.29) is 18.5 Å². The van der Waals surface area contributed by atoms with Crippen molar-refractivity contribution in [3.63, 3.8) is 0 Å². The number of nitrogens with zero attached hydrogens (tertiary/aromatic N) is 2. The SMILES string of the molecule is CCNC(=O)N1CC[C@H]2CC(=O)N(CC(N)=O)CC[C@H]2C1. The van der Waals surface area contributed by atoms with Gasteiger partial charge in [-0.15, -0.1) is 0 Å². The van der Waals surface area contributed by atoms with Gasteiger partial charge >= 0.3 is 6.03 Å². The first kappa shape index (κ1) is 15.6. The Morgan fingerprint density at radius 3 is 2.67 bits per heavy atom.